The molecule has 1 aliphatic heterocycles. The molecule has 0 amide bonds. The fourth-order valence-corrected chi connectivity index (χ4v) is 3.02. The Labute approximate surface area is 119 Å². The predicted octanol–water partition coefficient (Wildman–Crippen LogP) is 1.67. The van der Waals surface area contributed by atoms with Gasteiger partial charge in [0, 0.05) is 50.1 Å². The molecule has 0 radical (unpaired) electrons. The predicted molar refractivity (Wildman–Crippen MR) is 77.1 cm³/mol. The number of aromatic nitrogens is 2. The van der Waals surface area contributed by atoms with Crippen LogP contribution in [0.1, 0.15) is 11.4 Å². The van der Waals surface area contributed by atoms with Gasteiger partial charge in [-0.3, -0.25) is 4.90 Å². The summed E-state index contributed by atoms with van der Waals surface area (Å²) in [4.78, 5) is 9.22. The van der Waals surface area contributed by atoms with Gasteiger partial charge in [-0.1, -0.05) is 0 Å². The van der Waals surface area contributed by atoms with E-state index in [1.165, 1.54) is 5.56 Å². The van der Waals surface area contributed by atoms with E-state index in [1.54, 1.807) is 6.26 Å². The maximum Gasteiger partial charge on any atom is 0.122 e. The summed E-state index contributed by atoms with van der Waals surface area (Å²) in [6, 6.07) is 2.04. The van der Waals surface area contributed by atoms with Gasteiger partial charge in [0.25, 0.3) is 0 Å². The van der Waals surface area contributed by atoms with Crippen molar-refractivity contribution in [2.45, 2.75) is 19.6 Å². The first-order valence-electron chi connectivity index (χ1n) is 7.09. The molecule has 3 heterocycles. The molecule has 5 heteroatoms. The van der Waals surface area contributed by atoms with Gasteiger partial charge in [0.2, 0.25) is 0 Å². The molecule has 1 atom stereocenters. The summed E-state index contributed by atoms with van der Waals surface area (Å²) >= 11 is 0. The molecule has 20 heavy (non-hydrogen) atoms. The minimum Gasteiger partial charge on any atom is -0.472 e. The molecule has 0 bridgehead atoms. The summed E-state index contributed by atoms with van der Waals surface area (Å²) in [5.74, 6) is 1.78. The number of rotatable bonds is 4. The molecule has 2 aromatic heterocycles. The zero-order valence-corrected chi connectivity index (χ0v) is 12.2. The topological polar surface area (TPSA) is 37.4 Å². The second-order valence-corrected chi connectivity index (χ2v) is 5.93. The molecule has 3 rings (SSSR count). The van der Waals surface area contributed by atoms with Crippen LogP contribution in [0.4, 0.5) is 0 Å². The van der Waals surface area contributed by atoms with Crippen molar-refractivity contribution in [2.75, 3.05) is 27.2 Å². The van der Waals surface area contributed by atoms with Gasteiger partial charge in [0.15, 0.2) is 0 Å². The molecule has 0 aromatic carbocycles. The van der Waals surface area contributed by atoms with Gasteiger partial charge >= 0.3 is 0 Å². The van der Waals surface area contributed by atoms with E-state index in [0.717, 1.165) is 38.5 Å². The fraction of sp³-hybridized carbons (Fsp3) is 0.533. The van der Waals surface area contributed by atoms with E-state index in [4.69, 9.17) is 4.42 Å². The summed E-state index contributed by atoms with van der Waals surface area (Å²) in [6.45, 7) is 5.07. The monoisotopic (exact) mass is 274 g/mol. The van der Waals surface area contributed by atoms with E-state index in [1.807, 2.05) is 18.5 Å². The lowest BCUT2D eigenvalue weighted by atomic mass is 10.1. The van der Waals surface area contributed by atoms with Crippen LogP contribution in [-0.4, -0.2) is 46.5 Å². The van der Waals surface area contributed by atoms with Crippen LogP contribution in [0.5, 0.6) is 0 Å². The third-order valence-corrected chi connectivity index (χ3v) is 3.75. The van der Waals surface area contributed by atoms with E-state index in [0.29, 0.717) is 5.92 Å². The van der Waals surface area contributed by atoms with Crippen molar-refractivity contribution in [3.05, 3.63) is 42.4 Å². The molecule has 2 aromatic rings. The van der Waals surface area contributed by atoms with Crippen LogP contribution in [-0.2, 0) is 19.6 Å². The Morgan fingerprint density at radius 3 is 3.05 bits per heavy atom. The van der Waals surface area contributed by atoms with Gasteiger partial charge in [-0.05, 0) is 20.2 Å². The van der Waals surface area contributed by atoms with Crippen LogP contribution in [0.2, 0.25) is 0 Å². The van der Waals surface area contributed by atoms with Crippen molar-refractivity contribution in [1.82, 2.24) is 19.4 Å². The minimum absolute atomic E-state index is 0.618. The third kappa shape index (κ3) is 3.11. The molecule has 0 N–H and O–H groups in total. The Morgan fingerprint density at radius 2 is 2.30 bits per heavy atom. The largest absolute Gasteiger partial charge is 0.472 e. The number of fused-ring (bicyclic) bond motifs is 1. The summed E-state index contributed by atoms with van der Waals surface area (Å²) in [7, 11) is 4.28. The molecule has 0 fully saturated rings. The first-order valence-corrected chi connectivity index (χ1v) is 7.09. The molecule has 0 saturated heterocycles. The summed E-state index contributed by atoms with van der Waals surface area (Å²) in [5, 5.41) is 0. The van der Waals surface area contributed by atoms with Crippen molar-refractivity contribution < 1.29 is 4.42 Å². The van der Waals surface area contributed by atoms with Crippen LogP contribution in [0.25, 0.3) is 0 Å². The van der Waals surface area contributed by atoms with Crippen LogP contribution >= 0.6 is 0 Å². The molecule has 1 aliphatic rings. The molecule has 0 aliphatic carbocycles. The van der Waals surface area contributed by atoms with Crippen molar-refractivity contribution in [3.8, 4) is 0 Å². The van der Waals surface area contributed by atoms with E-state index < -0.39 is 0 Å². The molecule has 0 saturated carbocycles. The highest BCUT2D eigenvalue weighted by molar-refractivity contribution is 5.06. The minimum atomic E-state index is 0.618. The van der Waals surface area contributed by atoms with Gasteiger partial charge in [-0.25, -0.2) is 4.98 Å². The molecule has 0 spiro atoms. The van der Waals surface area contributed by atoms with E-state index in [9.17, 15) is 0 Å². The van der Waals surface area contributed by atoms with Crippen molar-refractivity contribution in [1.29, 1.82) is 0 Å². The van der Waals surface area contributed by atoms with Crippen LogP contribution in [0.15, 0.2) is 35.4 Å². The van der Waals surface area contributed by atoms with Crippen molar-refractivity contribution >= 4 is 0 Å². The maximum atomic E-state index is 5.18. The Balaban J connectivity index is 1.76. The lowest BCUT2D eigenvalue weighted by Gasteiger charge is -2.25. The van der Waals surface area contributed by atoms with Gasteiger partial charge < -0.3 is 13.9 Å². The van der Waals surface area contributed by atoms with E-state index in [2.05, 4.69) is 39.6 Å². The number of furan rings is 1. The van der Waals surface area contributed by atoms with Crippen molar-refractivity contribution in [2.24, 2.45) is 5.92 Å². The number of hydrogen-bond donors (Lipinski definition) is 0. The summed E-state index contributed by atoms with van der Waals surface area (Å²) in [6.07, 6.45) is 7.58. The van der Waals surface area contributed by atoms with Gasteiger partial charge in [-0.2, -0.15) is 0 Å². The second-order valence-electron chi connectivity index (χ2n) is 5.93. The molecule has 0 unspecified atom stereocenters. The van der Waals surface area contributed by atoms with Crippen molar-refractivity contribution in [3.63, 3.8) is 0 Å². The second kappa shape index (κ2) is 5.81. The highest BCUT2D eigenvalue weighted by atomic mass is 16.3. The Kier molecular flexibility index (Phi) is 3.89. The SMILES string of the molecule is CN(C)C[C@@H]1CN(Cc2ccoc2)Cc2nccn2C1. The number of nitrogens with zero attached hydrogens (tertiary/aromatic N) is 4. The third-order valence-electron chi connectivity index (χ3n) is 3.75. The normalized spacial score (nSPS) is 20.1. The van der Waals surface area contributed by atoms with Crippen LogP contribution < -0.4 is 0 Å². The lowest BCUT2D eigenvalue weighted by molar-refractivity contribution is 0.193. The highest BCUT2D eigenvalue weighted by Crippen LogP contribution is 2.18. The zero-order chi connectivity index (χ0) is 13.9. The lowest BCUT2D eigenvalue weighted by Crippen LogP contribution is -2.33. The van der Waals surface area contributed by atoms with Crippen LogP contribution in [0, 0.1) is 5.92 Å². The smallest absolute Gasteiger partial charge is 0.122 e. The average molecular weight is 274 g/mol. The summed E-state index contributed by atoms with van der Waals surface area (Å²) in [5.41, 5.74) is 1.23. The molecule has 108 valence electrons. The molecule has 5 nitrogen and oxygen atoms in total. The van der Waals surface area contributed by atoms with E-state index >= 15 is 0 Å². The average Bonchev–Trinajstić information content (AvgIpc) is 2.99. The van der Waals surface area contributed by atoms with Gasteiger partial charge in [0.1, 0.15) is 5.82 Å². The maximum absolute atomic E-state index is 5.18. The number of hydrogen-bond acceptors (Lipinski definition) is 4. The Morgan fingerprint density at radius 1 is 1.40 bits per heavy atom. The van der Waals surface area contributed by atoms with Gasteiger partial charge in [-0.15, -0.1) is 0 Å². The first-order chi connectivity index (χ1) is 9.70. The summed E-state index contributed by atoms with van der Waals surface area (Å²) < 4.78 is 7.47. The standard InChI is InChI=1S/C15H22N4O/c1-17(2)7-14-9-18(8-13-3-6-20-12-13)11-15-16-4-5-19(15)10-14/h3-6,12,14H,7-11H2,1-2H3/t14-/m1/s1. The molecular weight excluding hydrogens is 252 g/mol. The quantitative estimate of drug-likeness (QED) is 0.850. The Bertz CT molecular complexity index is 532. The Hall–Kier alpha value is -1.59. The van der Waals surface area contributed by atoms with Crippen LogP contribution in [0.3, 0.4) is 0 Å². The highest BCUT2D eigenvalue weighted by Gasteiger charge is 2.22. The van der Waals surface area contributed by atoms with E-state index in [-0.39, 0.29) is 0 Å². The zero-order valence-electron chi connectivity index (χ0n) is 12.2. The number of imidazole rings is 1. The molecular formula is C15H22N4O. The van der Waals surface area contributed by atoms with Gasteiger partial charge in [0.05, 0.1) is 19.1 Å². The fourth-order valence-electron chi connectivity index (χ4n) is 3.02. The first kappa shape index (κ1) is 13.4.